The molecule has 0 bridgehead atoms. The fraction of sp³-hybridized carbons (Fsp3) is 0.750. The van der Waals surface area contributed by atoms with Crippen LogP contribution in [0.3, 0.4) is 0 Å². The number of nitrogens with zero attached hydrogens (tertiary/aromatic N) is 4. The molecule has 1 aromatic rings. The minimum absolute atomic E-state index is 0.125. The lowest BCUT2D eigenvalue weighted by atomic mass is 10.2. The molecule has 0 aliphatic carbocycles. The van der Waals surface area contributed by atoms with Crippen LogP contribution in [0, 0.1) is 5.92 Å². The molecule has 0 fully saturated rings. The average Bonchev–Trinajstić information content (AvgIpc) is 2.65. The Morgan fingerprint density at radius 1 is 1.60 bits per heavy atom. The van der Waals surface area contributed by atoms with Crippen molar-refractivity contribution in [2.75, 3.05) is 13.6 Å². The number of carbonyl (C=O) groups is 1. The molecule has 0 saturated heterocycles. The molecule has 1 aromatic heterocycles. The summed E-state index contributed by atoms with van der Waals surface area (Å²) >= 11 is 0. The van der Waals surface area contributed by atoms with Crippen LogP contribution in [-0.2, 0) is 6.54 Å². The Balaban J connectivity index is 2.29. The third-order valence-corrected chi connectivity index (χ3v) is 1.78. The van der Waals surface area contributed by atoms with Crippen LogP contribution in [0.4, 0.5) is 4.79 Å². The zero-order valence-electron chi connectivity index (χ0n) is 9.19. The molecular weight excluding hydrogens is 196 g/mol. The van der Waals surface area contributed by atoms with Gasteiger partial charge < -0.3 is 10.2 Å². The number of hydrogen-bond donors (Lipinski definition) is 2. The van der Waals surface area contributed by atoms with Crippen LogP contribution in [0.25, 0.3) is 0 Å². The second-order valence-electron chi connectivity index (χ2n) is 3.78. The van der Waals surface area contributed by atoms with E-state index in [1.807, 2.05) is 0 Å². The number of H-pyrrole nitrogens is 1. The van der Waals surface area contributed by atoms with Crippen molar-refractivity contribution in [3.8, 4) is 0 Å². The molecular formula is C8H16N6O. The van der Waals surface area contributed by atoms with Crippen molar-refractivity contribution in [3.05, 3.63) is 5.82 Å². The molecule has 0 aromatic carbocycles. The van der Waals surface area contributed by atoms with Crippen molar-refractivity contribution in [1.29, 1.82) is 0 Å². The first-order valence-electron chi connectivity index (χ1n) is 4.81. The van der Waals surface area contributed by atoms with Gasteiger partial charge in [-0.3, -0.25) is 0 Å². The van der Waals surface area contributed by atoms with E-state index in [1.165, 1.54) is 0 Å². The second kappa shape index (κ2) is 5.28. The first-order chi connectivity index (χ1) is 7.09. The smallest absolute Gasteiger partial charge is 0.317 e. The number of tetrazole rings is 1. The molecule has 0 unspecified atom stereocenters. The molecule has 1 heterocycles. The Labute approximate surface area is 88.2 Å². The molecule has 0 spiro atoms. The fourth-order valence-electron chi connectivity index (χ4n) is 1.18. The van der Waals surface area contributed by atoms with E-state index in [0.29, 0.717) is 18.3 Å². The number of amides is 2. The van der Waals surface area contributed by atoms with E-state index >= 15 is 0 Å². The van der Waals surface area contributed by atoms with Crippen molar-refractivity contribution in [2.24, 2.45) is 5.92 Å². The molecule has 84 valence electrons. The molecule has 2 amide bonds. The predicted octanol–water partition coefficient (Wildman–Crippen LogP) is -0.00290. The highest BCUT2D eigenvalue weighted by molar-refractivity contribution is 5.73. The zero-order chi connectivity index (χ0) is 11.3. The zero-order valence-corrected chi connectivity index (χ0v) is 9.19. The summed E-state index contributed by atoms with van der Waals surface area (Å²) in [6, 6.07) is -0.125. The molecule has 7 heteroatoms. The van der Waals surface area contributed by atoms with E-state index in [-0.39, 0.29) is 6.03 Å². The van der Waals surface area contributed by atoms with E-state index in [1.54, 1.807) is 11.9 Å². The van der Waals surface area contributed by atoms with E-state index in [4.69, 9.17) is 0 Å². The Bertz CT molecular complexity index is 296. The van der Waals surface area contributed by atoms with Gasteiger partial charge in [-0.05, 0) is 16.3 Å². The van der Waals surface area contributed by atoms with Gasteiger partial charge in [-0.1, -0.05) is 13.8 Å². The fourth-order valence-corrected chi connectivity index (χ4v) is 1.18. The molecule has 1 rings (SSSR count). The quantitative estimate of drug-likeness (QED) is 0.735. The molecule has 0 atom stereocenters. The Kier molecular flexibility index (Phi) is 4.02. The van der Waals surface area contributed by atoms with Gasteiger partial charge in [0, 0.05) is 13.6 Å². The number of carbonyl (C=O) groups excluding carboxylic acids is 1. The highest BCUT2D eigenvalue weighted by Crippen LogP contribution is 1.96. The van der Waals surface area contributed by atoms with Gasteiger partial charge in [0.15, 0.2) is 5.82 Å². The van der Waals surface area contributed by atoms with Gasteiger partial charge in [-0.2, -0.15) is 0 Å². The summed E-state index contributed by atoms with van der Waals surface area (Å²) in [5.74, 6) is 0.994. The molecule has 0 saturated carbocycles. The van der Waals surface area contributed by atoms with Crippen LogP contribution < -0.4 is 5.32 Å². The maximum absolute atomic E-state index is 11.5. The maximum atomic E-state index is 11.5. The van der Waals surface area contributed by atoms with Crippen molar-refractivity contribution in [1.82, 2.24) is 30.8 Å². The third-order valence-electron chi connectivity index (χ3n) is 1.78. The second-order valence-corrected chi connectivity index (χ2v) is 3.78. The summed E-state index contributed by atoms with van der Waals surface area (Å²) in [5, 5.41) is 15.7. The lowest BCUT2D eigenvalue weighted by Gasteiger charge is -2.19. The van der Waals surface area contributed by atoms with Gasteiger partial charge in [0.2, 0.25) is 0 Å². The molecule has 0 aliphatic rings. The summed E-state index contributed by atoms with van der Waals surface area (Å²) in [6.45, 7) is 5.16. The highest BCUT2D eigenvalue weighted by Gasteiger charge is 2.09. The summed E-state index contributed by atoms with van der Waals surface area (Å²) in [5.41, 5.74) is 0. The van der Waals surface area contributed by atoms with Crippen LogP contribution in [0.1, 0.15) is 19.7 Å². The third kappa shape index (κ3) is 3.92. The topological polar surface area (TPSA) is 86.8 Å². The monoisotopic (exact) mass is 212 g/mol. The Morgan fingerprint density at radius 2 is 2.33 bits per heavy atom. The minimum Gasteiger partial charge on any atom is -0.331 e. The number of aromatic nitrogens is 4. The molecule has 0 radical (unpaired) electrons. The van der Waals surface area contributed by atoms with Crippen molar-refractivity contribution < 1.29 is 4.79 Å². The normalized spacial score (nSPS) is 10.4. The lowest BCUT2D eigenvalue weighted by Crippen LogP contribution is -2.38. The number of hydrogen-bond acceptors (Lipinski definition) is 4. The van der Waals surface area contributed by atoms with Gasteiger partial charge in [0.25, 0.3) is 0 Å². The predicted molar refractivity (Wildman–Crippen MR) is 53.9 cm³/mol. The minimum atomic E-state index is -0.125. The van der Waals surface area contributed by atoms with E-state index in [2.05, 4.69) is 39.8 Å². The van der Waals surface area contributed by atoms with Gasteiger partial charge in [0.05, 0.1) is 6.54 Å². The van der Waals surface area contributed by atoms with Crippen LogP contribution >= 0.6 is 0 Å². The number of aromatic amines is 1. The first-order valence-corrected chi connectivity index (χ1v) is 4.81. The van der Waals surface area contributed by atoms with Crippen LogP contribution in [-0.4, -0.2) is 45.1 Å². The summed E-state index contributed by atoms with van der Waals surface area (Å²) in [6.07, 6.45) is 0. The van der Waals surface area contributed by atoms with Gasteiger partial charge in [-0.15, -0.1) is 5.10 Å². The van der Waals surface area contributed by atoms with Gasteiger partial charge >= 0.3 is 6.03 Å². The summed E-state index contributed by atoms with van der Waals surface area (Å²) < 4.78 is 0. The molecule has 0 aliphatic heterocycles. The van der Waals surface area contributed by atoms with Crippen molar-refractivity contribution >= 4 is 6.03 Å². The van der Waals surface area contributed by atoms with Crippen LogP contribution in [0.2, 0.25) is 0 Å². The number of urea groups is 1. The Hall–Kier alpha value is -1.66. The molecule has 2 N–H and O–H groups in total. The van der Waals surface area contributed by atoms with Crippen LogP contribution in [0.5, 0.6) is 0 Å². The van der Waals surface area contributed by atoms with E-state index in [0.717, 1.165) is 6.54 Å². The molecule has 7 nitrogen and oxygen atoms in total. The van der Waals surface area contributed by atoms with Gasteiger partial charge in [0.1, 0.15) is 0 Å². The van der Waals surface area contributed by atoms with Gasteiger partial charge in [-0.25, -0.2) is 9.89 Å². The van der Waals surface area contributed by atoms with E-state index in [9.17, 15) is 4.79 Å². The SMILES string of the molecule is CC(C)CN(C)C(=O)NCc1nnn[nH]1. The molecule has 15 heavy (non-hydrogen) atoms. The largest absolute Gasteiger partial charge is 0.331 e. The summed E-state index contributed by atoms with van der Waals surface area (Å²) in [4.78, 5) is 13.1. The van der Waals surface area contributed by atoms with Crippen LogP contribution in [0.15, 0.2) is 0 Å². The maximum Gasteiger partial charge on any atom is 0.317 e. The Morgan fingerprint density at radius 3 is 2.87 bits per heavy atom. The first kappa shape index (κ1) is 11.4. The van der Waals surface area contributed by atoms with Crippen molar-refractivity contribution in [3.63, 3.8) is 0 Å². The highest BCUT2D eigenvalue weighted by atomic mass is 16.2. The summed E-state index contributed by atoms with van der Waals surface area (Å²) in [7, 11) is 1.76. The van der Waals surface area contributed by atoms with E-state index < -0.39 is 0 Å². The number of nitrogens with one attached hydrogen (secondary N) is 2. The average molecular weight is 212 g/mol. The lowest BCUT2D eigenvalue weighted by molar-refractivity contribution is 0.202. The number of rotatable bonds is 4. The van der Waals surface area contributed by atoms with Crippen molar-refractivity contribution in [2.45, 2.75) is 20.4 Å². The standard InChI is InChI=1S/C8H16N6O/c1-6(2)5-14(3)8(15)9-4-7-10-12-13-11-7/h6H,4-5H2,1-3H3,(H,9,15)(H,10,11,12,13).